The van der Waals surface area contributed by atoms with Gasteiger partial charge in [-0.2, -0.15) is 0 Å². The molecule has 2 heterocycles. The summed E-state index contributed by atoms with van der Waals surface area (Å²) in [6.07, 6.45) is 0. The molecule has 0 atom stereocenters. The lowest BCUT2D eigenvalue weighted by molar-refractivity contribution is 0.0342. The van der Waals surface area contributed by atoms with Crippen LogP contribution >= 0.6 is 23.2 Å². The van der Waals surface area contributed by atoms with Crippen molar-refractivity contribution in [3.05, 3.63) is 57.3 Å². The van der Waals surface area contributed by atoms with E-state index in [1.807, 2.05) is 12.1 Å². The lowest BCUT2D eigenvalue weighted by atomic mass is 10.1. The lowest BCUT2D eigenvalue weighted by Gasteiger charge is -2.26. The first kappa shape index (κ1) is 18.3. The fourth-order valence-electron chi connectivity index (χ4n) is 2.89. The molecule has 5 nitrogen and oxygen atoms in total. The van der Waals surface area contributed by atoms with Crippen LogP contribution in [0.5, 0.6) is 0 Å². The van der Waals surface area contributed by atoms with E-state index in [0.717, 1.165) is 38.4 Å². The number of benzene rings is 1. The Bertz CT molecular complexity index is 755. The minimum atomic E-state index is -0.199. The highest BCUT2D eigenvalue weighted by Gasteiger charge is 2.15. The van der Waals surface area contributed by atoms with Gasteiger partial charge in [0, 0.05) is 33.2 Å². The third-order valence-electron chi connectivity index (χ3n) is 4.30. The molecule has 0 aliphatic carbocycles. The maximum Gasteiger partial charge on any atom is 0.268 e. The van der Waals surface area contributed by atoms with E-state index in [2.05, 4.69) is 22.3 Å². The molecule has 1 saturated heterocycles. The molecule has 1 N–H and O–H groups in total. The zero-order chi connectivity index (χ0) is 17.8. The van der Waals surface area contributed by atoms with E-state index in [-0.39, 0.29) is 5.91 Å². The summed E-state index contributed by atoms with van der Waals surface area (Å²) < 4.78 is 6.96. The SMILES string of the molecule is Cn1c(C(=O)NCc2cccc(CN3CCOCC3)c2)cc(Cl)c1Cl. The van der Waals surface area contributed by atoms with Gasteiger partial charge in [-0.25, -0.2) is 0 Å². The summed E-state index contributed by atoms with van der Waals surface area (Å²) in [4.78, 5) is 14.7. The largest absolute Gasteiger partial charge is 0.379 e. The van der Waals surface area contributed by atoms with Gasteiger partial charge in [-0.05, 0) is 17.2 Å². The van der Waals surface area contributed by atoms with Crippen LogP contribution in [-0.4, -0.2) is 41.7 Å². The van der Waals surface area contributed by atoms with E-state index in [1.165, 1.54) is 5.56 Å². The molecule has 25 heavy (non-hydrogen) atoms. The van der Waals surface area contributed by atoms with Gasteiger partial charge in [0.2, 0.25) is 0 Å². The second-order valence-corrected chi connectivity index (χ2v) is 6.88. The monoisotopic (exact) mass is 381 g/mol. The summed E-state index contributed by atoms with van der Waals surface area (Å²) in [5.74, 6) is -0.199. The molecule has 2 aromatic rings. The zero-order valence-electron chi connectivity index (χ0n) is 14.1. The van der Waals surface area contributed by atoms with Gasteiger partial charge >= 0.3 is 0 Å². The van der Waals surface area contributed by atoms with Crippen LogP contribution in [0.1, 0.15) is 21.6 Å². The number of amides is 1. The van der Waals surface area contributed by atoms with Gasteiger partial charge in [0.25, 0.3) is 5.91 Å². The standard InChI is InChI=1S/C18H21Cl2N3O2/c1-22-16(10-15(19)17(22)20)18(24)21-11-13-3-2-4-14(9-13)12-23-5-7-25-8-6-23/h2-4,9-10H,5-8,11-12H2,1H3,(H,21,24). The van der Waals surface area contributed by atoms with Crippen LogP contribution < -0.4 is 5.32 Å². The smallest absolute Gasteiger partial charge is 0.268 e. The van der Waals surface area contributed by atoms with Crippen molar-refractivity contribution < 1.29 is 9.53 Å². The summed E-state index contributed by atoms with van der Waals surface area (Å²) in [7, 11) is 1.71. The van der Waals surface area contributed by atoms with Crippen molar-refractivity contribution in [3.63, 3.8) is 0 Å². The predicted molar refractivity (Wildman–Crippen MR) is 99.1 cm³/mol. The van der Waals surface area contributed by atoms with Crippen LogP contribution in [0, 0.1) is 0 Å². The van der Waals surface area contributed by atoms with Gasteiger partial charge < -0.3 is 14.6 Å². The van der Waals surface area contributed by atoms with Gasteiger partial charge in [-0.15, -0.1) is 0 Å². The summed E-state index contributed by atoms with van der Waals surface area (Å²) in [5, 5.41) is 3.65. The van der Waals surface area contributed by atoms with Crippen LogP contribution in [0.4, 0.5) is 0 Å². The van der Waals surface area contributed by atoms with Crippen molar-refractivity contribution in [1.29, 1.82) is 0 Å². The van der Waals surface area contributed by atoms with Crippen molar-refractivity contribution >= 4 is 29.1 Å². The minimum Gasteiger partial charge on any atom is -0.379 e. The summed E-state index contributed by atoms with van der Waals surface area (Å²) >= 11 is 12.0. The topological polar surface area (TPSA) is 46.5 Å². The predicted octanol–water partition coefficient (Wildman–Crippen LogP) is 3.09. The minimum absolute atomic E-state index is 0.199. The molecule has 7 heteroatoms. The van der Waals surface area contributed by atoms with Crippen molar-refractivity contribution in [1.82, 2.24) is 14.8 Å². The first-order chi connectivity index (χ1) is 12.0. The number of hydrogen-bond acceptors (Lipinski definition) is 3. The number of hydrogen-bond donors (Lipinski definition) is 1. The number of nitrogens with zero attached hydrogens (tertiary/aromatic N) is 2. The molecule has 1 fully saturated rings. The number of carbonyl (C=O) groups excluding carboxylic acids is 1. The number of halogens is 2. The molecule has 1 aromatic heterocycles. The van der Waals surface area contributed by atoms with Crippen LogP contribution in [0.3, 0.4) is 0 Å². The number of morpholine rings is 1. The Morgan fingerprint density at radius 1 is 1.20 bits per heavy atom. The molecule has 1 amide bonds. The van der Waals surface area contributed by atoms with Gasteiger partial charge in [0.15, 0.2) is 0 Å². The van der Waals surface area contributed by atoms with Crippen LogP contribution in [-0.2, 0) is 24.9 Å². The molecule has 0 radical (unpaired) electrons. The van der Waals surface area contributed by atoms with Crippen molar-refractivity contribution in [2.24, 2.45) is 7.05 Å². The van der Waals surface area contributed by atoms with Crippen molar-refractivity contribution in [2.75, 3.05) is 26.3 Å². The molecule has 0 unspecified atom stereocenters. The van der Waals surface area contributed by atoms with Crippen LogP contribution in [0.2, 0.25) is 10.2 Å². The molecule has 1 aliphatic heterocycles. The molecule has 0 saturated carbocycles. The van der Waals surface area contributed by atoms with Gasteiger partial charge in [0.05, 0.1) is 18.2 Å². The molecule has 1 aliphatic rings. The van der Waals surface area contributed by atoms with E-state index in [1.54, 1.807) is 17.7 Å². The van der Waals surface area contributed by atoms with E-state index < -0.39 is 0 Å². The second-order valence-electron chi connectivity index (χ2n) is 6.12. The Hall–Kier alpha value is -1.53. The van der Waals surface area contributed by atoms with E-state index in [9.17, 15) is 4.79 Å². The van der Waals surface area contributed by atoms with Crippen LogP contribution in [0.25, 0.3) is 0 Å². The third kappa shape index (κ3) is 4.55. The second kappa shape index (κ2) is 8.23. The quantitative estimate of drug-likeness (QED) is 0.865. The van der Waals surface area contributed by atoms with E-state index in [4.69, 9.17) is 27.9 Å². The van der Waals surface area contributed by atoms with Gasteiger partial charge in [0.1, 0.15) is 10.8 Å². The Morgan fingerprint density at radius 2 is 1.92 bits per heavy atom. The van der Waals surface area contributed by atoms with Crippen molar-refractivity contribution in [3.8, 4) is 0 Å². The Balaban J connectivity index is 1.60. The Kier molecular flexibility index (Phi) is 6.02. The summed E-state index contributed by atoms with van der Waals surface area (Å²) in [6, 6.07) is 9.84. The highest BCUT2D eigenvalue weighted by Crippen LogP contribution is 2.25. The molecule has 0 spiro atoms. The van der Waals surface area contributed by atoms with Crippen molar-refractivity contribution in [2.45, 2.75) is 13.1 Å². The van der Waals surface area contributed by atoms with Gasteiger partial charge in [-0.3, -0.25) is 9.69 Å². The molecule has 3 rings (SSSR count). The average molecular weight is 382 g/mol. The number of aromatic nitrogens is 1. The van der Waals surface area contributed by atoms with Gasteiger partial charge in [-0.1, -0.05) is 47.5 Å². The van der Waals surface area contributed by atoms with E-state index >= 15 is 0 Å². The molecule has 1 aromatic carbocycles. The maximum atomic E-state index is 12.3. The zero-order valence-corrected chi connectivity index (χ0v) is 15.6. The Labute approximate surface area is 157 Å². The fraction of sp³-hybridized carbons (Fsp3) is 0.389. The molecular weight excluding hydrogens is 361 g/mol. The first-order valence-corrected chi connectivity index (χ1v) is 8.97. The van der Waals surface area contributed by atoms with E-state index in [0.29, 0.717) is 22.4 Å². The highest BCUT2D eigenvalue weighted by atomic mass is 35.5. The number of nitrogens with one attached hydrogen (secondary N) is 1. The molecular formula is C18H21Cl2N3O2. The summed E-state index contributed by atoms with van der Waals surface area (Å²) in [5.41, 5.74) is 2.74. The van der Waals surface area contributed by atoms with Crippen LogP contribution in [0.15, 0.2) is 30.3 Å². The molecule has 0 bridgehead atoms. The third-order valence-corrected chi connectivity index (χ3v) is 5.15. The lowest BCUT2D eigenvalue weighted by Crippen LogP contribution is -2.35. The fourth-order valence-corrected chi connectivity index (χ4v) is 3.26. The maximum absolute atomic E-state index is 12.3. The number of rotatable bonds is 5. The highest BCUT2D eigenvalue weighted by molar-refractivity contribution is 6.41. The normalized spacial score (nSPS) is 15.3. The average Bonchev–Trinajstić information content (AvgIpc) is 2.88. The Morgan fingerprint density at radius 3 is 2.60 bits per heavy atom. The number of carbonyl (C=O) groups is 1. The number of ether oxygens (including phenoxy) is 1. The summed E-state index contributed by atoms with van der Waals surface area (Å²) in [6.45, 7) is 4.84. The molecule has 134 valence electrons. The first-order valence-electron chi connectivity index (χ1n) is 8.21.